The standard InChI is InChI=1S/C19H28N2O/c1-14(2)11-18(12-20-19(22)16-7-8-16)21-10-9-15-5-3-4-6-17(15)13-21/h3-6,14,16,18H,7-13H2,1-2H3,(H,20,22). The van der Waals surface area contributed by atoms with Crippen molar-refractivity contribution in [3.05, 3.63) is 35.4 Å². The van der Waals surface area contributed by atoms with Crippen LogP contribution in [0.2, 0.25) is 0 Å². The molecule has 0 spiro atoms. The van der Waals surface area contributed by atoms with Gasteiger partial charge in [0, 0.05) is 31.6 Å². The first-order valence-corrected chi connectivity index (χ1v) is 8.72. The molecule has 1 unspecified atom stereocenters. The van der Waals surface area contributed by atoms with Gasteiger partial charge < -0.3 is 5.32 Å². The molecule has 1 heterocycles. The smallest absolute Gasteiger partial charge is 0.223 e. The van der Waals surface area contributed by atoms with Gasteiger partial charge in [0.05, 0.1) is 0 Å². The number of carbonyl (C=O) groups excluding carboxylic acids is 1. The molecule has 1 N–H and O–H groups in total. The fraction of sp³-hybridized carbons (Fsp3) is 0.632. The minimum atomic E-state index is 0.270. The van der Waals surface area contributed by atoms with Gasteiger partial charge >= 0.3 is 0 Å². The van der Waals surface area contributed by atoms with E-state index < -0.39 is 0 Å². The predicted octanol–water partition coefficient (Wildman–Crippen LogP) is 2.99. The van der Waals surface area contributed by atoms with Crippen LogP contribution in [-0.4, -0.2) is 29.9 Å². The second-order valence-electron chi connectivity index (χ2n) is 7.29. The van der Waals surface area contributed by atoms with Crippen molar-refractivity contribution in [2.24, 2.45) is 11.8 Å². The van der Waals surface area contributed by atoms with Gasteiger partial charge in [-0.25, -0.2) is 0 Å². The van der Waals surface area contributed by atoms with Gasteiger partial charge in [-0.05, 0) is 42.7 Å². The van der Waals surface area contributed by atoms with E-state index in [-0.39, 0.29) is 5.91 Å². The normalized spacial score (nSPS) is 19.8. The highest BCUT2D eigenvalue weighted by atomic mass is 16.2. The Balaban J connectivity index is 1.62. The van der Waals surface area contributed by atoms with E-state index in [1.807, 2.05) is 0 Å². The minimum Gasteiger partial charge on any atom is -0.354 e. The van der Waals surface area contributed by atoms with Crippen LogP contribution >= 0.6 is 0 Å². The summed E-state index contributed by atoms with van der Waals surface area (Å²) in [5, 5.41) is 3.19. The average molecular weight is 300 g/mol. The molecule has 1 aliphatic carbocycles. The molecule has 3 rings (SSSR count). The highest BCUT2D eigenvalue weighted by Crippen LogP contribution is 2.29. The van der Waals surface area contributed by atoms with Crippen LogP contribution in [0.15, 0.2) is 24.3 Å². The van der Waals surface area contributed by atoms with Gasteiger partial charge in [0.25, 0.3) is 0 Å². The van der Waals surface area contributed by atoms with Gasteiger partial charge in [-0.1, -0.05) is 38.1 Å². The number of hydrogen-bond acceptors (Lipinski definition) is 2. The van der Waals surface area contributed by atoms with E-state index in [2.05, 4.69) is 48.3 Å². The number of carbonyl (C=O) groups is 1. The van der Waals surface area contributed by atoms with Crippen LogP contribution in [0, 0.1) is 11.8 Å². The van der Waals surface area contributed by atoms with Crippen LogP contribution in [0.1, 0.15) is 44.2 Å². The van der Waals surface area contributed by atoms with Gasteiger partial charge in [-0.3, -0.25) is 9.69 Å². The largest absolute Gasteiger partial charge is 0.354 e. The van der Waals surface area contributed by atoms with Gasteiger partial charge in [0.15, 0.2) is 0 Å². The lowest BCUT2D eigenvalue weighted by atomic mass is 9.95. The molecule has 1 aliphatic heterocycles. The molecular weight excluding hydrogens is 272 g/mol. The fourth-order valence-electron chi connectivity index (χ4n) is 3.44. The lowest BCUT2D eigenvalue weighted by Crippen LogP contribution is -2.46. The van der Waals surface area contributed by atoms with Gasteiger partial charge in [-0.15, -0.1) is 0 Å². The quantitative estimate of drug-likeness (QED) is 0.876. The summed E-state index contributed by atoms with van der Waals surface area (Å²) >= 11 is 0. The molecule has 1 fully saturated rings. The Kier molecular flexibility index (Phi) is 4.82. The van der Waals surface area contributed by atoms with Crippen molar-refractivity contribution in [1.82, 2.24) is 10.2 Å². The summed E-state index contributed by atoms with van der Waals surface area (Å²) in [5.41, 5.74) is 2.94. The zero-order valence-corrected chi connectivity index (χ0v) is 13.8. The maximum Gasteiger partial charge on any atom is 0.223 e. The minimum absolute atomic E-state index is 0.270. The number of nitrogens with one attached hydrogen (secondary N) is 1. The number of fused-ring (bicyclic) bond motifs is 1. The Hall–Kier alpha value is -1.35. The number of hydrogen-bond donors (Lipinski definition) is 1. The fourth-order valence-corrected chi connectivity index (χ4v) is 3.44. The Morgan fingerprint density at radius 3 is 2.68 bits per heavy atom. The molecule has 120 valence electrons. The topological polar surface area (TPSA) is 32.3 Å². The second-order valence-corrected chi connectivity index (χ2v) is 7.29. The highest BCUT2D eigenvalue weighted by Gasteiger charge is 2.31. The molecule has 0 radical (unpaired) electrons. The Morgan fingerprint density at radius 1 is 1.27 bits per heavy atom. The highest BCUT2D eigenvalue weighted by molar-refractivity contribution is 5.80. The third-order valence-corrected chi connectivity index (χ3v) is 4.88. The number of rotatable bonds is 6. The van der Waals surface area contributed by atoms with Crippen LogP contribution in [0.25, 0.3) is 0 Å². The molecule has 1 saturated carbocycles. The molecule has 1 amide bonds. The van der Waals surface area contributed by atoms with Gasteiger partial charge in [-0.2, -0.15) is 0 Å². The summed E-state index contributed by atoms with van der Waals surface area (Å²) < 4.78 is 0. The molecule has 1 aromatic carbocycles. The summed E-state index contributed by atoms with van der Waals surface area (Å²) in [4.78, 5) is 14.5. The monoisotopic (exact) mass is 300 g/mol. The van der Waals surface area contributed by atoms with Gasteiger partial charge in [0.1, 0.15) is 0 Å². The molecule has 0 saturated heterocycles. The van der Waals surface area contributed by atoms with E-state index in [4.69, 9.17) is 0 Å². The molecule has 22 heavy (non-hydrogen) atoms. The van der Waals surface area contributed by atoms with E-state index >= 15 is 0 Å². The van der Waals surface area contributed by atoms with Crippen LogP contribution in [-0.2, 0) is 17.8 Å². The zero-order chi connectivity index (χ0) is 15.5. The summed E-state index contributed by atoms with van der Waals surface area (Å²) in [6, 6.07) is 9.22. The van der Waals surface area contributed by atoms with E-state index in [9.17, 15) is 4.79 Å². The molecule has 3 heteroatoms. The molecular formula is C19H28N2O. The van der Waals surface area contributed by atoms with Gasteiger partial charge in [0.2, 0.25) is 5.91 Å². The number of nitrogens with zero attached hydrogens (tertiary/aromatic N) is 1. The van der Waals surface area contributed by atoms with Crippen LogP contribution in [0.4, 0.5) is 0 Å². The summed E-state index contributed by atoms with van der Waals surface area (Å²) in [5.74, 6) is 1.23. The van der Waals surface area contributed by atoms with E-state index in [0.29, 0.717) is 17.9 Å². The van der Waals surface area contributed by atoms with Crippen molar-refractivity contribution in [1.29, 1.82) is 0 Å². The van der Waals surface area contributed by atoms with Crippen molar-refractivity contribution in [3.8, 4) is 0 Å². The molecule has 3 nitrogen and oxygen atoms in total. The predicted molar refractivity (Wildman–Crippen MR) is 89.5 cm³/mol. The van der Waals surface area contributed by atoms with Crippen LogP contribution in [0.5, 0.6) is 0 Å². The average Bonchev–Trinajstić information content (AvgIpc) is 3.35. The summed E-state index contributed by atoms with van der Waals surface area (Å²) in [7, 11) is 0. The van der Waals surface area contributed by atoms with E-state index in [1.54, 1.807) is 0 Å². The summed E-state index contributed by atoms with van der Waals surface area (Å²) in [6.45, 7) is 7.47. The lowest BCUT2D eigenvalue weighted by molar-refractivity contribution is -0.122. The van der Waals surface area contributed by atoms with Crippen molar-refractivity contribution in [2.45, 2.75) is 52.1 Å². The second kappa shape index (κ2) is 6.82. The van der Waals surface area contributed by atoms with E-state index in [0.717, 1.165) is 45.3 Å². The van der Waals surface area contributed by atoms with Crippen molar-refractivity contribution in [3.63, 3.8) is 0 Å². The molecule has 2 aliphatic rings. The van der Waals surface area contributed by atoms with Crippen LogP contribution in [0.3, 0.4) is 0 Å². The zero-order valence-electron chi connectivity index (χ0n) is 13.8. The third-order valence-electron chi connectivity index (χ3n) is 4.88. The number of benzene rings is 1. The first kappa shape index (κ1) is 15.5. The Morgan fingerprint density at radius 2 is 2.00 bits per heavy atom. The molecule has 0 bridgehead atoms. The van der Waals surface area contributed by atoms with Crippen molar-refractivity contribution >= 4 is 5.91 Å². The first-order valence-electron chi connectivity index (χ1n) is 8.72. The number of amides is 1. The maximum absolute atomic E-state index is 11.9. The molecule has 1 aromatic rings. The maximum atomic E-state index is 11.9. The van der Waals surface area contributed by atoms with E-state index in [1.165, 1.54) is 11.1 Å². The molecule has 0 aromatic heterocycles. The van der Waals surface area contributed by atoms with Crippen molar-refractivity contribution < 1.29 is 4.79 Å². The SMILES string of the molecule is CC(C)CC(CNC(=O)C1CC1)N1CCc2ccccc2C1. The molecule has 1 atom stereocenters. The van der Waals surface area contributed by atoms with Crippen LogP contribution < -0.4 is 5.32 Å². The summed E-state index contributed by atoms with van der Waals surface area (Å²) in [6.07, 6.45) is 4.43. The third kappa shape index (κ3) is 3.89. The van der Waals surface area contributed by atoms with Crippen molar-refractivity contribution in [2.75, 3.05) is 13.1 Å². The Labute approximate surface area is 134 Å². The first-order chi connectivity index (χ1) is 10.6. The lowest BCUT2D eigenvalue weighted by Gasteiger charge is -2.36. The Bertz CT molecular complexity index is 522.